The van der Waals surface area contributed by atoms with Gasteiger partial charge < -0.3 is 9.30 Å². The number of ether oxygens (including phenoxy) is 1. The molecule has 0 amide bonds. The molecule has 0 fully saturated rings. The van der Waals surface area contributed by atoms with Crippen LogP contribution in [0.5, 0.6) is 5.75 Å². The number of halogens is 3. The number of thioether (sulfide) groups is 1. The second-order valence-corrected chi connectivity index (χ2v) is 8.12. The van der Waals surface area contributed by atoms with Crippen LogP contribution >= 0.6 is 46.6 Å². The molecule has 2 aromatic carbocycles. The Balaban J connectivity index is 1.47. The van der Waals surface area contributed by atoms with E-state index in [1.54, 1.807) is 30.0 Å². The lowest BCUT2D eigenvalue weighted by atomic mass is 10.2. The first-order valence-electron chi connectivity index (χ1n) is 8.36. The molecule has 0 aliphatic carbocycles. The topological polar surface area (TPSA) is 39.9 Å². The third-order valence-electron chi connectivity index (χ3n) is 3.90. The minimum absolute atomic E-state index is 0.516. The van der Waals surface area contributed by atoms with Gasteiger partial charge in [0.05, 0.1) is 11.6 Å². The minimum Gasteiger partial charge on any atom is -0.492 e. The molecule has 8 heteroatoms. The van der Waals surface area contributed by atoms with Crippen LogP contribution in [-0.4, -0.2) is 21.4 Å². The number of hydrogen-bond donors (Lipinski definition) is 0. The van der Waals surface area contributed by atoms with Gasteiger partial charge in [-0.25, -0.2) is 0 Å². The van der Waals surface area contributed by atoms with Gasteiger partial charge in [-0.1, -0.05) is 58.7 Å². The van der Waals surface area contributed by atoms with Gasteiger partial charge in [0.15, 0.2) is 5.16 Å². The van der Waals surface area contributed by atoms with Crippen molar-refractivity contribution >= 4 is 46.6 Å². The third kappa shape index (κ3) is 5.79. The van der Waals surface area contributed by atoms with Crippen molar-refractivity contribution in [3.05, 3.63) is 68.9 Å². The van der Waals surface area contributed by atoms with E-state index in [2.05, 4.69) is 10.2 Å². The van der Waals surface area contributed by atoms with Crippen molar-refractivity contribution in [3.63, 3.8) is 0 Å². The van der Waals surface area contributed by atoms with Crippen LogP contribution in [0.15, 0.2) is 47.6 Å². The van der Waals surface area contributed by atoms with Crippen LogP contribution in [0.2, 0.25) is 15.1 Å². The van der Waals surface area contributed by atoms with Crippen LogP contribution in [0.4, 0.5) is 0 Å². The van der Waals surface area contributed by atoms with Gasteiger partial charge in [0, 0.05) is 29.3 Å². The summed E-state index contributed by atoms with van der Waals surface area (Å²) >= 11 is 19.6. The average Bonchev–Trinajstić information content (AvgIpc) is 3.00. The monoisotopic (exact) mass is 441 g/mol. The van der Waals surface area contributed by atoms with E-state index in [-0.39, 0.29) is 0 Å². The van der Waals surface area contributed by atoms with E-state index >= 15 is 0 Å². The van der Waals surface area contributed by atoms with E-state index in [1.807, 2.05) is 35.9 Å². The van der Waals surface area contributed by atoms with Crippen LogP contribution in [-0.2, 0) is 19.2 Å². The number of rotatable bonds is 8. The summed E-state index contributed by atoms with van der Waals surface area (Å²) in [6, 6.07) is 13.0. The summed E-state index contributed by atoms with van der Waals surface area (Å²) in [5.41, 5.74) is 1.20. The fourth-order valence-electron chi connectivity index (χ4n) is 2.42. The summed E-state index contributed by atoms with van der Waals surface area (Å²) in [5, 5.41) is 11.3. The maximum absolute atomic E-state index is 6.10. The van der Waals surface area contributed by atoms with Crippen molar-refractivity contribution in [1.82, 2.24) is 14.8 Å². The molecule has 1 heterocycles. The molecular formula is C19H18Cl3N3OS. The molecule has 0 saturated heterocycles. The van der Waals surface area contributed by atoms with Crippen LogP contribution in [0.3, 0.4) is 0 Å². The standard InChI is InChI=1S/C19H18Cl3N3OS/c1-25-18(3-2-10-26-17-9-8-15(21)11-16(17)22)23-24-19(25)27-12-13-4-6-14(20)7-5-13/h4-9,11H,2-3,10,12H2,1H3. The molecule has 4 nitrogen and oxygen atoms in total. The van der Waals surface area contributed by atoms with Crippen molar-refractivity contribution in [1.29, 1.82) is 0 Å². The summed E-state index contributed by atoms with van der Waals surface area (Å²) < 4.78 is 7.73. The van der Waals surface area contributed by atoms with Gasteiger partial charge in [0.25, 0.3) is 0 Å². The zero-order chi connectivity index (χ0) is 19.2. The zero-order valence-electron chi connectivity index (χ0n) is 14.7. The van der Waals surface area contributed by atoms with E-state index in [0.717, 1.165) is 34.6 Å². The molecule has 0 spiro atoms. The normalized spacial score (nSPS) is 11.0. The van der Waals surface area contributed by atoms with Gasteiger partial charge in [-0.3, -0.25) is 0 Å². The van der Waals surface area contributed by atoms with Crippen LogP contribution in [0, 0.1) is 0 Å². The van der Waals surface area contributed by atoms with Crippen molar-refractivity contribution in [2.45, 2.75) is 23.8 Å². The molecule has 0 N–H and O–H groups in total. The highest BCUT2D eigenvalue weighted by atomic mass is 35.5. The lowest BCUT2D eigenvalue weighted by Crippen LogP contribution is -2.04. The van der Waals surface area contributed by atoms with Gasteiger partial charge in [-0.2, -0.15) is 0 Å². The summed E-state index contributed by atoms with van der Waals surface area (Å²) in [5.74, 6) is 2.39. The van der Waals surface area contributed by atoms with Crippen molar-refractivity contribution in [2.24, 2.45) is 7.05 Å². The molecule has 142 valence electrons. The smallest absolute Gasteiger partial charge is 0.191 e. The Morgan fingerprint density at radius 1 is 1.00 bits per heavy atom. The molecule has 0 saturated carbocycles. The van der Waals surface area contributed by atoms with Crippen molar-refractivity contribution in [3.8, 4) is 5.75 Å². The lowest BCUT2D eigenvalue weighted by molar-refractivity contribution is 0.309. The number of hydrogen-bond acceptors (Lipinski definition) is 4. The van der Waals surface area contributed by atoms with E-state index in [4.69, 9.17) is 39.5 Å². The summed E-state index contributed by atoms with van der Waals surface area (Å²) in [6.45, 7) is 0.543. The third-order valence-corrected chi connectivity index (χ3v) is 5.78. The first-order chi connectivity index (χ1) is 13.0. The summed E-state index contributed by atoms with van der Waals surface area (Å²) in [4.78, 5) is 0. The van der Waals surface area contributed by atoms with Gasteiger partial charge in [-0.05, 0) is 42.3 Å². The highest BCUT2D eigenvalue weighted by molar-refractivity contribution is 7.98. The first kappa shape index (κ1) is 20.3. The van der Waals surface area contributed by atoms with Crippen LogP contribution in [0.25, 0.3) is 0 Å². The van der Waals surface area contributed by atoms with E-state index in [0.29, 0.717) is 22.4 Å². The predicted octanol–water partition coefficient (Wildman–Crippen LogP) is 6.08. The van der Waals surface area contributed by atoms with E-state index in [9.17, 15) is 0 Å². The van der Waals surface area contributed by atoms with Gasteiger partial charge in [-0.15, -0.1) is 10.2 Å². The molecule has 0 radical (unpaired) electrons. The Bertz CT molecular complexity index is 900. The van der Waals surface area contributed by atoms with Gasteiger partial charge in [0.2, 0.25) is 0 Å². The number of aromatic nitrogens is 3. The molecular weight excluding hydrogens is 425 g/mol. The molecule has 0 aliphatic heterocycles. The van der Waals surface area contributed by atoms with Crippen molar-refractivity contribution < 1.29 is 4.74 Å². The van der Waals surface area contributed by atoms with Crippen molar-refractivity contribution in [2.75, 3.05) is 6.61 Å². The molecule has 0 aliphatic rings. The van der Waals surface area contributed by atoms with Gasteiger partial charge >= 0.3 is 0 Å². The molecule has 27 heavy (non-hydrogen) atoms. The fraction of sp³-hybridized carbons (Fsp3) is 0.263. The van der Waals surface area contributed by atoms with E-state index < -0.39 is 0 Å². The average molecular weight is 443 g/mol. The largest absolute Gasteiger partial charge is 0.492 e. The van der Waals surface area contributed by atoms with Gasteiger partial charge in [0.1, 0.15) is 11.6 Å². The molecule has 0 unspecified atom stereocenters. The predicted molar refractivity (Wildman–Crippen MR) is 112 cm³/mol. The molecule has 3 rings (SSSR count). The maximum Gasteiger partial charge on any atom is 0.191 e. The second kappa shape index (κ2) is 9.69. The molecule has 1 aromatic heterocycles. The number of nitrogens with zero attached hydrogens (tertiary/aromatic N) is 3. The number of aryl methyl sites for hydroxylation is 1. The van der Waals surface area contributed by atoms with Crippen LogP contribution in [0.1, 0.15) is 17.8 Å². The Morgan fingerprint density at radius 2 is 1.74 bits per heavy atom. The quantitative estimate of drug-likeness (QED) is 0.313. The highest BCUT2D eigenvalue weighted by Crippen LogP contribution is 2.27. The summed E-state index contributed by atoms with van der Waals surface area (Å²) in [6.07, 6.45) is 1.59. The molecule has 3 aromatic rings. The Morgan fingerprint density at radius 3 is 2.48 bits per heavy atom. The zero-order valence-corrected chi connectivity index (χ0v) is 17.7. The second-order valence-electron chi connectivity index (χ2n) is 5.90. The first-order valence-corrected chi connectivity index (χ1v) is 10.5. The van der Waals surface area contributed by atoms with E-state index in [1.165, 1.54) is 5.56 Å². The molecule has 0 atom stereocenters. The maximum atomic E-state index is 6.10. The Hall–Kier alpha value is -1.40. The number of benzene rings is 2. The lowest BCUT2D eigenvalue weighted by Gasteiger charge is -2.08. The molecule has 0 bridgehead atoms. The minimum atomic E-state index is 0.516. The highest BCUT2D eigenvalue weighted by Gasteiger charge is 2.10. The fourth-order valence-corrected chi connectivity index (χ4v) is 3.90. The van der Waals surface area contributed by atoms with Crippen LogP contribution < -0.4 is 4.74 Å². The summed E-state index contributed by atoms with van der Waals surface area (Å²) in [7, 11) is 1.98. The Labute approximate surface area is 177 Å². The SMILES string of the molecule is Cn1c(CCCOc2ccc(Cl)cc2Cl)nnc1SCc1ccc(Cl)cc1. The Kier molecular flexibility index (Phi) is 7.30.